The van der Waals surface area contributed by atoms with Gasteiger partial charge in [-0.1, -0.05) is 41.9 Å². The maximum atomic E-state index is 12.8. The number of hydrogen-bond donors (Lipinski definition) is 1. The normalized spacial score (nSPS) is 16.3. The fourth-order valence-electron chi connectivity index (χ4n) is 3.31. The van der Waals surface area contributed by atoms with Crippen LogP contribution in [0.15, 0.2) is 45.7 Å². The summed E-state index contributed by atoms with van der Waals surface area (Å²) < 4.78 is 11.8. The average molecular weight is 501 g/mol. The summed E-state index contributed by atoms with van der Waals surface area (Å²) in [6, 6.07) is 5.95. The van der Waals surface area contributed by atoms with Gasteiger partial charge in [0, 0.05) is 27.3 Å². The van der Waals surface area contributed by atoms with Crippen LogP contribution in [0.25, 0.3) is 0 Å². The van der Waals surface area contributed by atoms with Gasteiger partial charge in [0.1, 0.15) is 5.75 Å². The topological polar surface area (TPSA) is 47.6 Å². The van der Waals surface area contributed by atoms with Gasteiger partial charge in [-0.25, -0.2) is 4.79 Å². The molecule has 1 aromatic carbocycles. The number of carbonyl (C=O) groups is 1. The van der Waals surface area contributed by atoms with Crippen LogP contribution in [-0.2, 0) is 9.53 Å². The van der Waals surface area contributed by atoms with Crippen LogP contribution in [0, 0.1) is 0 Å². The minimum Gasteiger partial charge on any atom is -0.496 e. The van der Waals surface area contributed by atoms with E-state index >= 15 is 0 Å². The highest BCUT2D eigenvalue weighted by Crippen LogP contribution is 2.40. The number of thioether (sulfide) groups is 2. The number of benzene rings is 1. The molecule has 0 aliphatic carbocycles. The third-order valence-corrected chi connectivity index (χ3v) is 6.97. The molecule has 2 rings (SSSR count). The highest BCUT2D eigenvalue weighted by molar-refractivity contribution is 9.10. The summed E-state index contributed by atoms with van der Waals surface area (Å²) in [5.41, 5.74) is 3.77. The molecule has 29 heavy (non-hydrogen) atoms. The van der Waals surface area contributed by atoms with E-state index in [2.05, 4.69) is 41.2 Å². The zero-order chi connectivity index (χ0) is 21.2. The van der Waals surface area contributed by atoms with Gasteiger partial charge in [0.25, 0.3) is 0 Å². The average Bonchev–Trinajstić information content (AvgIpc) is 2.73. The minimum atomic E-state index is -0.290. The minimum absolute atomic E-state index is 0.199. The van der Waals surface area contributed by atoms with E-state index in [9.17, 15) is 4.79 Å². The van der Waals surface area contributed by atoms with Crippen molar-refractivity contribution in [3.05, 3.63) is 51.3 Å². The van der Waals surface area contributed by atoms with E-state index in [1.54, 1.807) is 7.11 Å². The molecule has 0 saturated carbocycles. The Morgan fingerprint density at radius 3 is 2.45 bits per heavy atom. The van der Waals surface area contributed by atoms with Crippen LogP contribution in [0.4, 0.5) is 0 Å². The molecule has 0 amide bonds. The van der Waals surface area contributed by atoms with Crippen molar-refractivity contribution < 1.29 is 14.3 Å². The second kappa shape index (κ2) is 12.6. The van der Waals surface area contributed by atoms with E-state index in [-0.39, 0.29) is 11.9 Å². The molecule has 0 aromatic heterocycles. The van der Waals surface area contributed by atoms with Crippen molar-refractivity contribution in [3.8, 4) is 5.75 Å². The summed E-state index contributed by atoms with van der Waals surface area (Å²) in [5, 5.41) is 3.55. The van der Waals surface area contributed by atoms with Crippen molar-refractivity contribution in [2.45, 2.75) is 32.6 Å². The summed E-state index contributed by atoms with van der Waals surface area (Å²) in [6.07, 6.45) is 3.90. The molecular weight excluding hydrogens is 470 g/mol. The van der Waals surface area contributed by atoms with Gasteiger partial charge in [-0.05, 0) is 48.0 Å². The standard InChI is InChI=1S/C22H30BrNO3S2/c1-5-28-11-9-16-14-18(17-8-7-15(23)13-20(17)26-3)21(22(25)27-4)19(24-16)10-12-29-6-2/h7-8,13-14,18,24H,5-6,9-12H2,1-4H3. The fraction of sp³-hybridized carbons (Fsp3) is 0.500. The number of hydrogen-bond acceptors (Lipinski definition) is 6. The summed E-state index contributed by atoms with van der Waals surface area (Å²) in [6.45, 7) is 4.32. The molecule has 0 bridgehead atoms. The third-order valence-electron chi connectivity index (χ3n) is 4.67. The number of ether oxygens (including phenoxy) is 2. The Hall–Kier alpha value is -1.05. The van der Waals surface area contributed by atoms with Gasteiger partial charge in [0.15, 0.2) is 0 Å². The van der Waals surface area contributed by atoms with Crippen molar-refractivity contribution in [3.63, 3.8) is 0 Å². The van der Waals surface area contributed by atoms with Gasteiger partial charge < -0.3 is 14.8 Å². The Bertz CT molecular complexity index is 764. The first-order chi connectivity index (χ1) is 14.0. The van der Waals surface area contributed by atoms with Gasteiger partial charge in [-0.15, -0.1) is 0 Å². The highest BCUT2D eigenvalue weighted by atomic mass is 79.9. The van der Waals surface area contributed by atoms with E-state index in [0.717, 1.165) is 63.0 Å². The number of allylic oxidation sites excluding steroid dienone is 3. The Morgan fingerprint density at radius 2 is 1.83 bits per heavy atom. The maximum absolute atomic E-state index is 12.8. The van der Waals surface area contributed by atoms with Crippen LogP contribution >= 0.6 is 39.5 Å². The molecule has 160 valence electrons. The lowest BCUT2D eigenvalue weighted by atomic mass is 9.85. The summed E-state index contributed by atoms with van der Waals surface area (Å²) >= 11 is 7.30. The van der Waals surface area contributed by atoms with Crippen molar-refractivity contribution in [1.29, 1.82) is 0 Å². The predicted molar refractivity (Wildman–Crippen MR) is 129 cm³/mol. The Morgan fingerprint density at radius 1 is 1.14 bits per heavy atom. The molecule has 0 spiro atoms. The van der Waals surface area contributed by atoms with E-state index in [1.165, 1.54) is 7.11 Å². The van der Waals surface area contributed by atoms with E-state index in [0.29, 0.717) is 5.57 Å². The van der Waals surface area contributed by atoms with Crippen molar-refractivity contribution in [1.82, 2.24) is 5.32 Å². The molecule has 7 heteroatoms. The number of nitrogens with one attached hydrogen (secondary N) is 1. The van der Waals surface area contributed by atoms with E-state index in [4.69, 9.17) is 9.47 Å². The number of esters is 1. The molecule has 0 radical (unpaired) electrons. The first kappa shape index (κ1) is 24.2. The lowest BCUT2D eigenvalue weighted by molar-refractivity contribution is -0.136. The monoisotopic (exact) mass is 499 g/mol. The second-order valence-electron chi connectivity index (χ2n) is 6.46. The van der Waals surface area contributed by atoms with Crippen molar-refractivity contribution >= 4 is 45.4 Å². The molecule has 1 aliphatic heterocycles. The summed E-state index contributed by atoms with van der Waals surface area (Å²) in [7, 11) is 3.11. The highest BCUT2D eigenvalue weighted by Gasteiger charge is 2.31. The number of rotatable bonds is 11. The number of carbonyl (C=O) groups excluding carboxylic acids is 1. The summed E-state index contributed by atoms with van der Waals surface area (Å²) in [4.78, 5) is 12.8. The van der Waals surface area contributed by atoms with E-state index in [1.807, 2.05) is 41.7 Å². The van der Waals surface area contributed by atoms with Gasteiger partial charge in [0.2, 0.25) is 0 Å². The molecular formula is C22H30BrNO3S2. The molecule has 1 unspecified atom stereocenters. The predicted octanol–water partition coefficient (Wildman–Crippen LogP) is 5.74. The molecule has 1 heterocycles. The Labute approximate surface area is 191 Å². The zero-order valence-electron chi connectivity index (χ0n) is 17.5. The van der Waals surface area contributed by atoms with Crippen molar-refractivity contribution in [2.75, 3.05) is 37.2 Å². The van der Waals surface area contributed by atoms with Crippen LogP contribution < -0.4 is 10.1 Å². The maximum Gasteiger partial charge on any atom is 0.336 e. The van der Waals surface area contributed by atoms with Crippen molar-refractivity contribution in [2.24, 2.45) is 0 Å². The number of dihydropyridines is 1. The Kier molecular flexibility index (Phi) is 10.5. The first-order valence-electron chi connectivity index (χ1n) is 9.83. The number of methoxy groups -OCH3 is 2. The largest absolute Gasteiger partial charge is 0.496 e. The molecule has 4 nitrogen and oxygen atoms in total. The molecule has 1 aromatic rings. The Balaban J connectivity index is 2.50. The fourth-order valence-corrected chi connectivity index (χ4v) is 4.94. The molecule has 1 aliphatic rings. The smallest absolute Gasteiger partial charge is 0.336 e. The van der Waals surface area contributed by atoms with Crippen LogP contribution in [0.3, 0.4) is 0 Å². The SMILES string of the molecule is CCSCCC1=CC(c2ccc(Br)cc2OC)C(C(=O)OC)=C(CCSCC)N1. The number of halogens is 1. The van der Waals surface area contributed by atoms with Gasteiger partial charge in [-0.2, -0.15) is 23.5 Å². The molecule has 0 fully saturated rings. The van der Waals surface area contributed by atoms with E-state index < -0.39 is 0 Å². The lowest BCUT2D eigenvalue weighted by Crippen LogP contribution is -2.28. The van der Waals surface area contributed by atoms with Crippen LogP contribution in [0.2, 0.25) is 0 Å². The first-order valence-corrected chi connectivity index (χ1v) is 12.9. The van der Waals surface area contributed by atoms with Gasteiger partial charge in [-0.3, -0.25) is 0 Å². The van der Waals surface area contributed by atoms with Crippen LogP contribution in [0.5, 0.6) is 5.75 Å². The van der Waals surface area contributed by atoms with Gasteiger partial charge in [0.05, 0.1) is 19.8 Å². The van der Waals surface area contributed by atoms with Crippen LogP contribution in [-0.4, -0.2) is 43.2 Å². The lowest BCUT2D eigenvalue weighted by Gasteiger charge is -2.29. The quantitative estimate of drug-likeness (QED) is 0.309. The third kappa shape index (κ3) is 6.72. The molecule has 1 atom stereocenters. The zero-order valence-corrected chi connectivity index (χ0v) is 20.8. The second-order valence-corrected chi connectivity index (χ2v) is 10.2. The summed E-state index contributed by atoms with van der Waals surface area (Å²) in [5.74, 6) is 4.43. The molecule has 1 N–H and O–H groups in total. The van der Waals surface area contributed by atoms with Crippen LogP contribution in [0.1, 0.15) is 38.2 Å². The molecule has 0 saturated heterocycles. The van der Waals surface area contributed by atoms with Gasteiger partial charge >= 0.3 is 5.97 Å².